The zero-order valence-electron chi connectivity index (χ0n) is 17.0. The van der Waals surface area contributed by atoms with Crippen LogP contribution in [0.2, 0.25) is 0 Å². The highest BCUT2D eigenvalue weighted by atomic mass is 16.8. The van der Waals surface area contributed by atoms with Crippen LogP contribution in [0.1, 0.15) is 19.4 Å². The molecule has 2 aliphatic heterocycles. The lowest BCUT2D eigenvalue weighted by Gasteiger charge is -2.28. The lowest BCUT2D eigenvalue weighted by atomic mass is 10.1. The van der Waals surface area contributed by atoms with Crippen LogP contribution >= 0.6 is 0 Å². The number of fused-ring (bicyclic) bond motifs is 1. The van der Waals surface area contributed by atoms with Crippen LogP contribution in [0, 0.1) is 0 Å². The highest BCUT2D eigenvalue weighted by molar-refractivity contribution is 5.78. The quantitative estimate of drug-likeness (QED) is 0.286. The van der Waals surface area contributed by atoms with Crippen LogP contribution in [0.5, 0.6) is 0 Å². The number of methoxy groups -OCH3 is 1. The van der Waals surface area contributed by atoms with Crippen molar-refractivity contribution in [1.82, 2.24) is 4.90 Å². The maximum atomic E-state index is 12.6. The van der Waals surface area contributed by atoms with Crippen molar-refractivity contribution in [2.45, 2.75) is 50.8 Å². The van der Waals surface area contributed by atoms with E-state index in [0.29, 0.717) is 0 Å². The third-order valence-corrected chi connectivity index (χ3v) is 4.71. The van der Waals surface area contributed by atoms with Gasteiger partial charge in [-0.1, -0.05) is 35.4 Å². The number of amides is 1. The fourth-order valence-electron chi connectivity index (χ4n) is 3.36. The number of esters is 1. The number of azide groups is 1. The number of rotatable bonds is 7. The third-order valence-electron chi connectivity index (χ3n) is 4.71. The molecule has 0 bridgehead atoms. The lowest BCUT2D eigenvalue weighted by Crippen LogP contribution is -2.45. The van der Waals surface area contributed by atoms with Gasteiger partial charge in [-0.05, 0) is 24.9 Å². The van der Waals surface area contributed by atoms with Crippen LogP contribution in [0.3, 0.4) is 0 Å². The Labute approximate surface area is 173 Å². The Morgan fingerprint density at radius 3 is 2.67 bits per heavy atom. The molecule has 162 valence electrons. The first kappa shape index (κ1) is 21.8. The van der Waals surface area contributed by atoms with E-state index in [4.69, 9.17) is 24.5 Å². The maximum Gasteiger partial charge on any atom is 0.410 e. The molecule has 30 heavy (non-hydrogen) atoms. The van der Waals surface area contributed by atoms with Gasteiger partial charge in [-0.3, -0.25) is 9.69 Å². The molecule has 2 fully saturated rings. The first-order valence-corrected chi connectivity index (χ1v) is 9.40. The number of carbonyl (C=O) groups excluding carboxylic acids is 2. The predicted molar refractivity (Wildman–Crippen MR) is 102 cm³/mol. The second-order valence-corrected chi connectivity index (χ2v) is 7.34. The Morgan fingerprint density at radius 1 is 1.27 bits per heavy atom. The van der Waals surface area contributed by atoms with Gasteiger partial charge in [-0.15, -0.1) is 0 Å². The summed E-state index contributed by atoms with van der Waals surface area (Å²) in [7, 11) is 1.22. The van der Waals surface area contributed by atoms with Crippen LogP contribution in [-0.2, 0) is 35.1 Å². The van der Waals surface area contributed by atoms with Gasteiger partial charge in [-0.2, -0.15) is 0 Å². The van der Waals surface area contributed by atoms with Crippen molar-refractivity contribution in [1.29, 1.82) is 0 Å². The highest BCUT2D eigenvalue weighted by Gasteiger charge is 2.55. The van der Waals surface area contributed by atoms with E-state index in [2.05, 4.69) is 14.8 Å². The van der Waals surface area contributed by atoms with Gasteiger partial charge in [-0.25, -0.2) is 4.79 Å². The Hall–Kier alpha value is -2.85. The Morgan fingerprint density at radius 2 is 2.00 bits per heavy atom. The Kier molecular flexibility index (Phi) is 6.78. The van der Waals surface area contributed by atoms with E-state index in [1.807, 2.05) is 30.3 Å². The third kappa shape index (κ3) is 5.19. The van der Waals surface area contributed by atoms with Crippen molar-refractivity contribution in [2.24, 2.45) is 5.11 Å². The van der Waals surface area contributed by atoms with Crippen molar-refractivity contribution < 1.29 is 33.3 Å². The molecule has 2 aliphatic rings. The summed E-state index contributed by atoms with van der Waals surface area (Å²) in [5, 5.41) is 3.77. The van der Waals surface area contributed by atoms with Gasteiger partial charge < -0.3 is 23.7 Å². The topological polar surface area (TPSA) is 132 Å². The minimum Gasteiger partial charge on any atom is -0.468 e. The number of ether oxygens (including phenoxy) is 5. The molecule has 1 amide bonds. The van der Waals surface area contributed by atoms with E-state index in [-0.39, 0.29) is 19.7 Å². The summed E-state index contributed by atoms with van der Waals surface area (Å²) < 4.78 is 27.3. The molecule has 0 aromatic heterocycles. The van der Waals surface area contributed by atoms with Crippen molar-refractivity contribution in [3.05, 3.63) is 46.3 Å². The van der Waals surface area contributed by atoms with Gasteiger partial charge in [0.2, 0.25) is 0 Å². The number of hydrogen-bond donors (Lipinski definition) is 0. The summed E-state index contributed by atoms with van der Waals surface area (Å²) in [5.41, 5.74) is 9.76. The minimum absolute atomic E-state index is 0.0360. The number of carbonyl (C=O) groups is 2. The molecule has 1 aromatic carbocycles. The predicted octanol–water partition coefficient (Wildman–Crippen LogP) is 2.35. The number of benzene rings is 1. The van der Waals surface area contributed by atoms with Crippen LogP contribution in [0.15, 0.2) is 35.4 Å². The molecule has 11 nitrogen and oxygen atoms in total. The van der Waals surface area contributed by atoms with Crippen LogP contribution in [0.4, 0.5) is 4.79 Å². The Bertz CT molecular complexity index is 812. The largest absolute Gasteiger partial charge is 0.468 e. The van der Waals surface area contributed by atoms with Gasteiger partial charge in [0.25, 0.3) is 0 Å². The number of nitrogens with zero attached hydrogens (tertiary/aromatic N) is 4. The first-order valence-electron chi connectivity index (χ1n) is 9.40. The normalized spacial score (nSPS) is 26.4. The smallest absolute Gasteiger partial charge is 0.410 e. The van der Waals surface area contributed by atoms with Gasteiger partial charge in [0.15, 0.2) is 12.1 Å². The van der Waals surface area contributed by atoms with Crippen LogP contribution in [-0.4, -0.2) is 67.5 Å². The second-order valence-electron chi connectivity index (χ2n) is 7.34. The van der Waals surface area contributed by atoms with Crippen molar-refractivity contribution in [3.63, 3.8) is 0 Å². The summed E-state index contributed by atoms with van der Waals surface area (Å²) in [6.07, 6.45) is -2.85. The van der Waals surface area contributed by atoms with Crippen molar-refractivity contribution >= 4 is 12.1 Å². The SMILES string of the molecule is COC(=O)CN(CC1O[C@H]2OC(C)(C)O[C@@H]2C1N=[N+]=[N-])C(=O)OCc1ccccc1. The lowest BCUT2D eigenvalue weighted by molar-refractivity contribution is -0.207. The monoisotopic (exact) mass is 420 g/mol. The maximum absolute atomic E-state index is 12.6. The molecule has 2 unspecified atom stereocenters. The van der Waals surface area contributed by atoms with E-state index in [1.54, 1.807) is 13.8 Å². The molecule has 0 N–H and O–H groups in total. The highest BCUT2D eigenvalue weighted by Crippen LogP contribution is 2.39. The van der Waals surface area contributed by atoms with Crippen molar-refractivity contribution in [3.8, 4) is 0 Å². The zero-order chi connectivity index (χ0) is 21.7. The van der Waals surface area contributed by atoms with Gasteiger partial charge >= 0.3 is 12.1 Å². The summed E-state index contributed by atoms with van der Waals surface area (Å²) in [4.78, 5) is 28.5. The average molecular weight is 420 g/mol. The summed E-state index contributed by atoms with van der Waals surface area (Å²) in [5.74, 6) is -1.51. The van der Waals surface area contributed by atoms with Gasteiger partial charge in [0.05, 0.1) is 25.8 Å². The second kappa shape index (κ2) is 9.31. The molecule has 0 radical (unpaired) electrons. The van der Waals surface area contributed by atoms with Gasteiger partial charge in [0.1, 0.15) is 19.3 Å². The molecule has 2 heterocycles. The van der Waals surface area contributed by atoms with E-state index in [9.17, 15) is 9.59 Å². The van der Waals surface area contributed by atoms with Gasteiger partial charge in [0, 0.05) is 4.91 Å². The molecule has 0 saturated carbocycles. The first-order chi connectivity index (χ1) is 14.3. The fraction of sp³-hybridized carbons (Fsp3) is 0.579. The van der Waals surface area contributed by atoms with E-state index in [1.165, 1.54) is 7.11 Å². The molecular formula is C19H24N4O7. The molecule has 11 heteroatoms. The van der Waals surface area contributed by atoms with Crippen LogP contribution < -0.4 is 0 Å². The Balaban J connectivity index is 1.70. The standard InChI is InChI=1S/C19H24N4O7/c1-19(2)29-16-15(21-22-20)13(28-17(16)30-19)9-23(10-14(24)26-3)18(25)27-11-12-7-5-4-6-8-12/h4-8,13,15-17H,9-11H2,1-3H3/t13?,15?,16-,17+/m1/s1. The van der Waals surface area contributed by atoms with E-state index >= 15 is 0 Å². The number of hydrogen-bond acceptors (Lipinski definition) is 8. The minimum atomic E-state index is -0.885. The van der Waals surface area contributed by atoms with E-state index < -0.39 is 42.4 Å². The average Bonchev–Trinajstić information content (AvgIpc) is 3.18. The fourth-order valence-corrected chi connectivity index (χ4v) is 3.36. The summed E-state index contributed by atoms with van der Waals surface area (Å²) in [6.45, 7) is 3.05. The molecule has 1 aromatic rings. The van der Waals surface area contributed by atoms with Crippen LogP contribution in [0.25, 0.3) is 10.4 Å². The molecular weight excluding hydrogens is 396 g/mol. The molecule has 4 atom stereocenters. The zero-order valence-corrected chi connectivity index (χ0v) is 17.0. The molecule has 0 aliphatic carbocycles. The van der Waals surface area contributed by atoms with E-state index in [0.717, 1.165) is 10.5 Å². The molecule has 0 spiro atoms. The molecule has 3 rings (SSSR count). The summed E-state index contributed by atoms with van der Waals surface area (Å²) >= 11 is 0. The molecule has 2 saturated heterocycles. The summed E-state index contributed by atoms with van der Waals surface area (Å²) in [6, 6.07) is 8.38. The van der Waals surface area contributed by atoms with Crippen molar-refractivity contribution in [2.75, 3.05) is 20.2 Å².